The zero-order chi connectivity index (χ0) is 13.8. The SMILES string of the molecule is CCNC(CC)c1cccc(-n2nc(C)nc2C)c1. The molecule has 2 aromatic rings. The van der Waals surface area contributed by atoms with Crippen molar-refractivity contribution >= 4 is 0 Å². The van der Waals surface area contributed by atoms with Crippen LogP contribution in [0.2, 0.25) is 0 Å². The number of aromatic nitrogens is 3. The lowest BCUT2D eigenvalue weighted by molar-refractivity contribution is 0.537. The van der Waals surface area contributed by atoms with Crippen LogP contribution in [0.25, 0.3) is 5.69 Å². The molecule has 102 valence electrons. The molecule has 1 aromatic carbocycles. The molecule has 1 aromatic heterocycles. The summed E-state index contributed by atoms with van der Waals surface area (Å²) in [4.78, 5) is 4.35. The predicted molar refractivity (Wildman–Crippen MR) is 77.5 cm³/mol. The van der Waals surface area contributed by atoms with Gasteiger partial charge in [0.1, 0.15) is 11.6 Å². The van der Waals surface area contributed by atoms with E-state index in [1.807, 2.05) is 18.5 Å². The van der Waals surface area contributed by atoms with Crippen LogP contribution < -0.4 is 5.32 Å². The molecular weight excluding hydrogens is 236 g/mol. The normalized spacial score (nSPS) is 12.6. The van der Waals surface area contributed by atoms with Crippen LogP contribution in [0, 0.1) is 13.8 Å². The molecule has 1 N–H and O–H groups in total. The summed E-state index contributed by atoms with van der Waals surface area (Å²) in [6, 6.07) is 8.91. The molecule has 0 fully saturated rings. The van der Waals surface area contributed by atoms with E-state index >= 15 is 0 Å². The standard InChI is InChI=1S/C15H22N4/c1-5-15(16-6-2)13-8-7-9-14(10-13)19-12(4)17-11(3)18-19/h7-10,15-16H,5-6H2,1-4H3. The molecule has 0 aliphatic carbocycles. The fourth-order valence-corrected chi connectivity index (χ4v) is 2.38. The fraction of sp³-hybridized carbons (Fsp3) is 0.467. The van der Waals surface area contributed by atoms with E-state index in [9.17, 15) is 0 Å². The number of benzene rings is 1. The second-order valence-electron chi connectivity index (χ2n) is 4.73. The summed E-state index contributed by atoms with van der Waals surface area (Å²) in [5, 5.41) is 7.94. The summed E-state index contributed by atoms with van der Waals surface area (Å²) in [6.07, 6.45) is 1.08. The van der Waals surface area contributed by atoms with Crippen LogP contribution in [0.1, 0.15) is 43.5 Å². The number of aryl methyl sites for hydroxylation is 2. The number of hydrogen-bond donors (Lipinski definition) is 1. The summed E-state index contributed by atoms with van der Waals surface area (Å²) >= 11 is 0. The van der Waals surface area contributed by atoms with Gasteiger partial charge in [0.05, 0.1) is 5.69 Å². The summed E-state index contributed by atoms with van der Waals surface area (Å²) < 4.78 is 1.90. The molecule has 2 rings (SSSR count). The maximum atomic E-state index is 4.44. The third kappa shape index (κ3) is 3.01. The highest BCUT2D eigenvalue weighted by Gasteiger charge is 2.10. The summed E-state index contributed by atoms with van der Waals surface area (Å²) in [5.74, 6) is 1.73. The first-order chi connectivity index (χ1) is 9.15. The Kier molecular flexibility index (Phi) is 4.32. The van der Waals surface area contributed by atoms with Crippen molar-refractivity contribution in [2.45, 2.75) is 40.2 Å². The van der Waals surface area contributed by atoms with Gasteiger partial charge < -0.3 is 5.32 Å². The van der Waals surface area contributed by atoms with Crippen molar-refractivity contribution < 1.29 is 0 Å². The molecule has 4 nitrogen and oxygen atoms in total. The first-order valence-corrected chi connectivity index (χ1v) is 6.89. The minimum absolute atomic E-state index is 0.398. The minimum atomic E-state index is 0.398. The van der Waals surface area contributed by atoms with Crippen molar-refractivity contribution in [2.24, 2.45) is 0 Å². The first kappa shape index (κ1) is 13.7. The Morgan fingerprint density at radius 3 is 2.63 bits per heavy atom. The first-order valence-electron chi connectivity index (χ1n) is 6.89. The van der Waals surface area contributed by atoms with Crippen molar-refractivity contribution in [3.63, 3.8) is 0 Å². The van der Waals surface area contributed by atoms with Gasteiger partial charge in [0.15, 0.2) is 0 Å². The van der Waals surface area contributed by atoms with E-state index in [1.165, 1.54) is 5.56 Å². The van der Waals surface area contributed by atoms with Crippen LogP contribution in [-0.4, -0.2) is 21.3 Å². The maximum Gasteiger partial charge on any atom is 0.148 e. The number of nitrogens with zero attached hydrogens (tertiary/aromatic N) is 3. The third-order valence-corrected chi connectivity index (χ3v) is 3.25. The van der Waals surface area contributed by atoms with Gasteiger partial charge in [0, 0.05) is 6.04 Å². The molecule has 0 saturated heterocycles. The Bertz CT molecular complexity index is 545. The Hall–Kier alpha value is -1.68. The van der Waals surface area contributed by atoms with Crippen molar-refractivity contribution in [1.29, 1.82) is 0 Å². The second kappa shape index (κ2) is 5.97. The fourth-order valence-electron chi connectivity index (χ4n) is 2.38. The molecule has 0 bridgehead atoms. The molecule has 0 radical (unpaired) electrons. The number of hydrogen-bond acceptors (Lipinski definition) is 3. The lowest BCUT2D eigenvalue weighted by Gasteiger charge is -2.17. The van der Waals surface area contributed by atoms with E-state index in [0.29, 0.717) is 6.04 Å². The van der Waals surface area contributed by atoms with Crippen LogP contribution >= 0.6 is 0 Å². The number of nitrogens with one attached hydrogen (secondary N) is 1. The quantitative estimate of drug-likeness (QED) is 0.896. The monoisotopic (exact) mass is 258 g/mol. The van der Waals surface area contributed by atoms with Crippen molar-refractivity contribution in [1.82, 2.24) is 20.1 Å². The molecule has 1 unspecified atom stereocenters. The molecule has 1 atom stereocenters. The van der Waals surface area contributed by atoms with Gasteiger partial charge in [-0.2, -0.15) is 5.10 Å². The Labute approximate surface area is 114 Å². The Balaban J connectivity index is 2.36. The molecule has 1 heterocycles. The average molecular weight is 258 g/mol. The predicted octanol–water partition coefficient (Wildman–Crippen LogP) is 2.94. The van der Waals surface area contributed by atoms with Crippen LogP contribution in [0.4, 0.5) is 0 Å². The van der Waals surface area contributed by atoms with Gasteiger partial charge in [-0.15, -0.1) is 0 Å². The lowest BCUT2D eigenvalue weighted by atomic mass is 10.0. The van der Waals surface area contributed by atoms with Gasteiger partial charge in [0.25, 0.3) is 0 Å². The van der Waals surface area contributed by atoms with Crippen molar-refractivity contribution in [3.8, 4) is 5.69 Å². The molecule has 19 heavy (non-hydrogen) atoms. The third-order valence-electron chi connectivity index (χ3n) is 3.25. The average Bonchev–Trinajstić information content (AvgIpc) is 2.75. The van der Waals surface area contributed by atoms with Gasteiger partial charge >= 0.3 is 0 Å². The van der Waals surface area contributed by atoms with Gasteiger partial charge in [0.2, 0.25) is 0 Å². The summed E-state index contributed by atoms with van der Waals surface area (Å²) in [5.41, 5.74) is 2.38. The smallest absolute Gasteiger partial charge is 0.148 e. The maximum absolute atomic E-state index is 4.44. The highest BCUT2D eigenvalue weighted by Crippen LogP contribution is 2.20. The zero-order valence-corrected chi connectivity index (χ0v) is 12.1. The largest absolute Gasteiger partial charge is 0.310 e. The minimum Gasteiger partial charge on any atom is -0.310 e. The highest BCUT2D eigenvalue weighted by atomic mass is 15.3. The molecular formula is C15H22N4. The molecule has 0 aliphatic rings. The molecule has 0 aliphatic heterocycles. The number of rotatable bonds is 5. The van der Waals surface area contributed by atoms with E-state index in [4.69, 9.17) is 0 Å². The van der Waals surface area contributed by atoms with Crippen LogP contribution in [0.15, 0.2) is 24.3 Å². The van der Waals surface area contributed by atoms with Crippen molar-refractivity contribution in [3.05, 3.63) is 41.5 Å². The molecule has 4 heteroatoms. The second-order valence-corrected chi connectivity index (χ2v) is 4.73. The Morgan fingerprint density at radius 1 is 1.26 bits per heavy atom. The van der Waals surface area contributed by atoms with E-state index in [1.54, 1.807) is 0 Å². The van der Waals surface area contributed by atoms with Crippen LogP contribution in [0.5, 0.6) is 0 Å². The Morgan fingerprint density at radius 2 is 2.05 bits per heavy atom. The van der Waals surface area contributed by atoms with Gasteiger partial charge in [-0.25, -0.2) is 9.67 Å². The zero-order valence-electron chi connectivity index (χ0n) is 12.1. The lowest BCUT2D eigenvalue weighted by Crippen LogP contribution is -2.20. The summed E-state index contributed by atoms with van der Waals surface area (Å²) in [7, 11) is 0. The van der Waals surface area contributed by atoms with Gasteiger partial charge in [-0.3, -0.25) is 0 Å². The molecule has 0 spiro atoms. The van der Waals surface area contributed by atoms with Gasteiger partial charge in [-0.05, 0) is 44.5 Å². The highest BCUT2D eigenvalue weighted by molar-refractivity contribution is 5.37. The molecule has 0 saturated carbocycles. The van der Waals surface area contributed by atoms with E-state index in [0.717, 1.165) is 30.3 Å². The van der Waals surface area contributed by atoms with Crippen LogP contribution in [0.3, 0.4) is 0 Å². The summed E-state index contributed by atoms with van der Waals surface area (Å²) in [6.45, 7) is 9.21. The van der Waals surface area contributed by atoms with Crippen LogP contribution in [-0.2, 0) is 0 Å². The molecule has 0 amide bonds. The van der Waals surface area contributed by atoms with Gasteiger partial charge in [-0.1, -0.05) is 26.0 Å². The van der Waals surface area contributed by atoms with E-state index in [2.05, 4.69) is 53.5 Å². The topological polar surface area (TPSA) is 42.7 Å². The van der Waals surface area contributed by atoms with E-state index < -0.39 is 0 Å². The van der Waals surface area contributed by atoms with E-state index in [-0.39, 0.29) is 0 Å². The van der Waals surface area contributed by atoms with Crippen molar-refractivity contribution in [2.75, 3.05) is 6.54 Å².